The molecule has 1 aliphatic heterocycles. The predicted octanol–water partition coefficient (Wildman–Crippen LogP) is 4.77. The van der Waals surface area contributed by atoms with E-state index in [1.807, 2.05) is 18.2 Å². The van der Waals surface area contributed by atoms with Crippen LogP contribution in [0.2, 0.25) is 0 Å². The summed E-state index contributed by atoms with van der Waals surface area (Å²) in [7, 11) is 3.28. The van der Waals surface area contributed by atoms with E-state index in [-0.39, 0.29) is 0 Å². The van der Waals surface area contributed by atoms with Crippen LogP contribution in [0.25, 0.3) is 11.0 Å². The van der Waals surface area contributed by atoms with Crippen LogP contribution in [-0.4, -0.2) is 47.3 Å². The fourth-order valence-electron chi connectivity index (χ4n) is 3.96. The molecule has 0 radical (unpaired) electrons. The van der Waals surface area contributed by atoms with E-state index in [0.717, 1.165) is 54.2 Å². The van der Waals surface area contributed by atoms with Gasteiger partial charge in [-0.15, -0.1) is 0 Å². The first-order valence-electron chi connectivity index (χ1n) is 10.2. The zero-order valence-corrected chi connectivity index (χ0v) is 18.7. The van der Waals surface area contributed by atoms with E-state index in [2.05, 4.69) is 41.2 Å². The molecule has 4 rings (SSSR count). The largest absolute Gasteiger partial charge is 0.497 e. The Labute approximate surface area is 182 Å². The van der Waals surface area contributed by atoms with Crippen LogP contribution in [0.15, 0.2) is 30.3 Å². The van der Waals surface area contributed by atoms with Gasteiger partial charge in [-0.1, -0.05) is 0 Å². The van der Waals surface area contributed by atoms with E-state index < -0.39 is 0 Å². The van der Waals surface area contributed by atoms with Gasteiger partial charge in [0.15, 0.2) is 5.11 Å². The first kappa shape index (κ1) is 20.5. The first-order chi connectivity index (χ1) is 14.5. The van der Waals surface area contributed by atoms with Gasteiger partial charge in [-0.2, -0.15) is 0 Å². The summed E-state index contributed by atoms with van der Waals surface area (Å²) in [6.45, 7) is 6.03. The van der Waals surface area contributed by atoms with E-state index >= 15 is 0 Å². The zero-order chi connectivity index (χ0) is 21.3. The van der Waals surface area contributed by atoms with Crippen molar-refractivity contribution in [3.8, 4) is 11.5 Å². The van der Waals surface area contributed by atoms with Gasteiger partial charge in [0, 0.05) is 25.1 Å². The average molecular weight is 425 g/mol. The lowest BCUT2D eigenvalue weighted by Gasteiger charge is -2.34. The van der Waals surface area contributed by atoms with Gasteiger partial charge in [-0.05, 0) is 74.3 Å². The molecule has 1 aliphatic rings. The van der Waals surface area contributed by atoms with E-state index in [9.17, 15) is 0 Å². The van der Waals surface area contributed by atoms with Gasteiger partial charge in [0.25, 0.3) is 0 Å². The molecule has 1 atom stereocenters. The lowest BCUT2D eigenvalue weighted by molar-refractivity contribution is 0.306. The van der Waals surface area contributed by atoms with Gasteiger partial charge in [-0.25, -0.2) is 4.98 Å². The number of ether oxygens (including phenoxy) is 2. The van der Waals surface area contributed by atoms with E-state index in [1.54, 1.807) is 14.2 Å². The van der Waals surface area contributed by atoms with Crippen molar-refractivity contribution in [3.05, 3.63) is 47.3 Å². The number of nitrogens with one attached hydrogen (secondary N) is 2. The number of H-pyrrole nitrogens is 1. The number of imidazole rings is 1. The Morgan fingerprint density at radius 2 is 1.97 bits per heavy atom. The number of aromatic amines is 1. The SMILES string of the molecule is COc1ccc(NC(=S)N2CCC[C@H](c3nc4cc(C)c(C)cc4[nH]3)C2)c(OC)c1. The molecule has 0 bridgehead atoms. The first-order valence-corrected chi connectivity index (χ1v) is 10.6. The van der Waals surface area contributed by atoms with E-state index in [1.165, 1.54) is 11.1 Å². The Balaban J connectivity index is 1.49. The van der Waals surface area contributed by atoms with E-state index in [4.69, 9.17) is 26.7 Å². The molecule has 158 valence electrons. The lowest BCUT2D eigenvalue weighted by Crippen LogP contribution is -2.41. The van der Waals surface area contributed by atoms with Crippen molar-refractivity contribution in [3.63, 3.8) is 0 Å². The smallest absolute Gasteiger partial charge is 0.173 e. The quantitative estimate of drug-likeness (QED) is 0.588. The lowest BCUT2D eigenvalue weighted by atomic mass is 9.98. The molecule has 0 unspecified atom stereocenters. The highest BCUT2D eigenvalue weighted by Crippen LogP contribution is 2.31. The van der Waals surface area contributed by atoms with Crippen LogP contribution in [0.5, 0.6) is 11.5 Å². The van der Waals surface area contributed by atoms with Gasteiger partial charge in [0.1, 0.15) is 17.3 Å². The number of fused-ring (bicyclic) bond motifs is 1. The molecule has 6 nitrogen and oxygen atoms in total. The molecule has 1 aromatic heterocycles. The Morgan fingerprint density at radius 3 is 2.73 bits per heavy atom. The molecule has 2 N–H and O–H groups in total. The van der Waals surface area contributed by atoms with Crippen LogP contribution in [-0.2, 0) is 0 Å². The minimum Gasteiger partial charge on any atom is -0.497 e. The highest BCUT2D eigenvalue weighted by Gasteiger charge is 2.26. The Hall–Kier alpha value is -2.80. The third kappa shape index (κ3) is 4.07. The number of aryl methyl sites for hydroxylation is 2. The number of piperidine rings is 1. The normalized spacial score (nSPS) is 16.5. The highest BCUT2D eigenvalue weighted by atomic mass is 32.1. The average Bonchev–Trinajstić information content (AvgIpc) is 3.17. The molecule has 0 spiro atoms. The van der Waals surface area contributed by atoms with Crippen LogP contribution in [0.4, 0.5) is 5.69 Å². The molecular weight excluding hydrogens is 396 g/mol. The predicted molar refractivity (Wildman–Crippen MR) is 125 cm³/mol. The number of benzene rings is 2. The van der Waals surface area contributed by atoms with Crippen LogP contribution < -0.4 is 14.8 Å². The fraction of sp³-hybridized carbons (Fsp3) is 0.391. The minimum atomic E-state index is 0.323. The summed E-state index contributed by atoms with van der Waals surface area (Å²) in [5.74, 6) is 2.82. The third-order valence-electron chi connectivity index (χ3n) is 5.86. The number of nitrogens with zero attached hydrogens (tertiary/aromatic N) is 2. The van der Waals surface area contributed by atoms with Gasteiger partial charge in [0.2, 0.25) is 0 Å². The van der Waals surface area contributed by atoms with Crippen molar-refractivity contribution in [2.24, 2.45) is 0 Å². The van der Waals surface area contributed by atoms with Crippen LogP contribution in [0.3, 0.4) is 0 Å². The summed E-state index contributed by atoms with van der Waals surface area (Å²) in [4.78, 5) is 10.6. The molecule has 1 saturated heterocycles. The van der Waals surface area contributed by atoms with Gasteiger partial charge in [-0.3, -0.25) is 0 Å². The molecule has 2 aromatic carbocycles. The molecule has 0 saturated carbocycles. The fourth-order valence-corrected chi connectivity index (χ4v) is 4.24. The summed E-state index contributed by atoms with van der Waals surface area (Å²) in [5.41, 5.74) is 5.52. The van der Waals surface area contributed by atoms with Crippen LogP contribution in [0, 0.1) is 13.8 Å². The van der Waals surface area contributed by atoms with Crippen molar-refractivity contribution < 1.29 is 9.47 Å². The number of rotatable bonds is 4. The number of thiocarbonyl (C=S) groups is 1. The molecule has 0 aliphatic carbocycles. The molecule has 1 fully saturated rings. The van der Waals surface area contributed by atoms with Gasteiger partial charge >= 0.3 is 0 Å². The maximum absolute atomic E-state index is 5.72. The maximum Gasteiger partial charge on any atom is 0.173 e. The third-order valence-corrected chi connectivity index (χ3v) is 6.22. The van der Waals surface area contributed by atoms with Crippen molar-refractivity contribution in [1.29, 1.82) is 0 Å². The molecule has 7 heteroatoms. The summed E-state index contributed by atoms with van der Waals surface area (Å²) >= 11 is 5.72. The monoisotopic (exact) mass is 424 g/mol. The highest BCUT2D eigenvalue weighted by molar-refractivity contribution is 7.80. The van der Waals surface area contributed by atoms with Crippen molar-refractivity contribution in [1.82, 2.24) is 14.9 Å². The van der Waals surface area contributed by atoms with Gasteiger partial charge < -0.3 is 24.7 Å². The molecule has 30 heavy (non-hydrogen) atoms. The Bertz CT molecular complexity index is 1040. The van der Waals surface area contributed by atoms with Crippen molar-refractivity contribution >= 4 is 34.1 Å². The Kier molecular flexibility index (Phi) is 5.81. The Morgan fingerprint density at radius 1 is 1.17 bits per heavy atom. The number of hydrogen-bond donors (Lipinski definition) is 2. The van der Waals surface area contributed by atoms with Gasteiger partial charge in [0.05, 0.1) is 30.9 Å². The van der Waals surface area contributed by atoms with Crippen LogP contribution in [0.1, 0.15) is 35.7 Å². The zero-order valence-electron chi connectivity index (χ0n) is 17.9. The minimum absolute atomic E-state index is 0.323. The molecule has 2 heterocycles. The standard InChI is InChI=1S/C23H28N4O2S/c1-14-10-19-20(11-15(14)2)25-22(24-19)16-6-5-9-27(13-16)23(30)26-18-8-7-17(28-3)12-21(18)29-4/h7-8,10-12,16H,5-6,9,13H2,1-4H3,(H,24,25)(H,26,30)/t16-/m0/s1. The summed E-state index contributed by atoms with van der Waals surface area (Å²) < 4.78 is 10.8. The number of likely N-dealkylation sites (tertiary alicyclic amines) is 1. The van der Waals surface area contributed by atoms with Crippen molar-refractivity contribution in [2.75, 3.05) is 32.6 Å². The molecular formula is C23H28N4O2S. The van der Waals surface area contributed by atoms with E-state index in [0.29, 0.717) is 16.8 Å². The molecule has 3 aromatic rings. The number of hydrogen-bond acceptors (Lipinski definition) is 4. The number of methoxy groups -OCH3 is 2. The summed E-state index contributed by atoms with van der Waals surface area (Å²) in [5, 5.41) is 4.04. The second-order valence-electron chi connectivity index (χ2n) is 7.86. The maximum atomic E-state index is 5.72. The number of anilines is 1. The second-order valence-corrected chi connectivity index (χ2v) is 8.24. The topological polar surface area (TPSA) is 62.4 Å². The van der Waals surface area contributed by atoms with Crippen molar-refractivity contribution in [2.45, 2.75) is 32.6 Å². The van der Waals surface area contributed by atoms with Crippen LogP contribution >= 0.6 is 12.2 Å². The number of aromatic nitrogens is 2. The summed E-state index contributed by atoms with van der Waals surface area (Å²) in [6, 6.07) is 10.0. The summed E-state index contributed by atoms with van der Waals surface area (Å²) in [6.07, 6.45) is 2.17. The molecule has 0 amide bonds. The second kappa shape index (κ2) is 8.52.